The third kappa shape index (κ3) is 3.75. The fourth-order valence-corrected chi connectivity index (χ4v) is 2.70. The van der Waals surface area contributed by atoms with E-state index in [4.69, 9.17) is 23.8 Å². The molecule has 0 aliphatic carbocycles. The van der Waals surface area contributed by atoms with E-state index in [0.29, 0.717) is 22.2 Å². The third-order valence-electron chi connectivity index (χ3n) is 3.55. The molecule has 0 bridgehead atoms. The van der Waals surface area contributed by atoms with Crippen molar-refractivity contribution < 1.29 is 4.79 Å². The van der Waals surface area contributed by atoms with Gasteiger partial charge in [-0.3, -0.25) is 9.89 Å². The SMILES string of the molecule is CC(C)C(C(=O)NCc1n[nH]c(=S)n1C)c1cccc(Cl)c1. The average Bonchev–Trinajstić information content (AvgIpc) is 2.76. The monoisotopic (exact) mass is 338 g/mol. The molecule has 1 atom stereocenters. The first-order valence-electron chi connectivity index (χ1n) is 7.03. The van der Waals surface area contributed by atoms with Crippen LogP contribution in [0.1, 0.15) is 31.2 Å². The van der Waals surface area contributed by atoms with Crippen LogP contribution in [0, 0.1) is 10.7 Å². The van der Waals surface area contributed by atoms with Gasteiger partial charge in [0.25, 0.3) is 0 Å². The number of carbonyl (C=O) groups is 1. The zero-order valence-corrected chi connectivity index (χ0v) is 14.3. The van der Waals surface area contributed by atoms with Crippen LogP contribution in [0.25, 0.3) is 0 Å². The van der Waals surface area contributed by atoms with Crippen LogP contribution < -0.4 is 5.32 Å². The molecule has 118 valence electrons. The Hall–Kier alpha value is -1.66. The van der Waals surface area contributed by atoms with E-state index in [0.717, 1.165) is 5.56 Å². The number of nitrogens with one attached hydrogen (secondary N) is 2. The van der Waals surface area contributed by atoms with E-state index in [1.807, 2.05) is 39.1 Å². The van der Waals surface area contributed by atoms with Gasteiger partial charge in [-0.15, -0.1) is 0 Å². The molecule has 0 spiro atoms. The minimum absolute atomic E-state index is 0.0498. The lowest BCUT2D eigenvalue weighted by Gasteiger charge is -2.20. The minimum atomic E-state index is -0.258. The standard InChI is InChI=1S/C15H19ClN4OS/c1-9(2)13(10-5-4-6-11(16)7-10)14(21)17-8-12-18-19-15(22)20(12)3/h4-7,9,13H,8H2,1-3H3,(H,17,21)(H,19,22). The van der Waals surface area contributed by atoms with Gasteiger partial charge in [0.05, 0.1) is 12.5 Å². The summed E-state index contributed by atoms with van der Waals surface area (Å²) in [5, 5.41) is 10.3. The second-order valence-corrected chi connectivity index (χ2v) is 6.32. The Morgan fingerprint density at radius 1 is 1.50 bits per heavy atom. The largest absolute Gasteiger partial charge is 0.348 e. The van der Waals surface area contributed by atoms with E-state index in [1.165, 1.54) is 0 Å². The van der Waals surface area contributed by atoms with E-state index in [2.05, 4.69) is 15.5 Å². The maximum absolute atomic E-state index is 12.6. The number of halogens is 1. The number of benzene rings is 1. The normalized spacial score (nSPS) is 12.4. The Morgan fingerprint density at radius 2 is 2.23 bits per heavy atom. The second-order valence-electron chi connectivity index (χ2n) is 5.50. The Morgan fingerprint density at radius 3 is 2.77 bits per heavy atom. The first kappa shape index (κ1) is 16.7. The molecule has 0 radical (unpaired) electrons. The molecule has 0 fully saturated rings. The molecule has 0 saturated carbocycles. The minimum Gasteiger partial charge on any atom is -0.348 e. The zero-order valence-electron chi connectivity index (χ0n) is 12.8. The first-order chi connectivity index (χ1) is 10.4. The number of rotatable bonds is 5. The van der Waals surface area contributed by atoms with Crippen LogP contribution in [0.15, 0.2) is 24.3 Å². The Balaban J connectivity index is 2.14. The summed E-state index contributed by atoms with van der Waals surface area (Å²) in [6.07, 6.45) is 0. The molecule has 1 aromatic carbocycles. The molecule has 1 amide bonds. The number of aromatic amines is 1. The summed E-state index contributed by atoms with van der Waals surface area (Å²) >= 11 is 11.1. The highest BCUT2D eigenvalue weighted by molar-refractivity contribution is 7.71. The van der Waals surface area contributed by atoms with E-state index >= 15 is 0 Å². The molecule has 1 aromatic heterocycles. The Kier molecular flexibility index (Phi) is 5.37. The lowest BCUT2D eigenvalue weighted by Crippen LogP contribution is -2.32. The highest BCUT2D eigenvalue weighted by atomic mass is 35.5. The van der Waals surface area contributed by atoms with Gasteiger partial charge in [-0.2, -0.15) is 5.10 Å². The van der Waals surface area contributed by atoms with Gasteiger partial charge in [0.1, 0.15) is 0 Å². The van der Waals surface area contributed by atoms with E-state index < -0.39 is 0 Å². The van der Waals surface area contributed by atoms with Gasteiger partial charge in [-0.1, -0.05) is 37.6 Å². The van der Waals surface area contributed by atoms with E-state index in [-0.39, 0.29) is 17.7 Å². The van der Waals surface area contributed by atoms with Crippen LogP contribution in [-0.4, -0.2) is 20.7 Å². The van der Waals surface area contributed by atoms with Gasteiger partial charge in [-0.25, -0.2) is 0 Å². The molecular formula is C15H19ClN4OS. The molecule has 0 aliphatic heterocycles. The topological polar surface area (TPSA) is 62.7 Å². The summed E-state index contributed by atoms with van der Waals surface area (Å²) in [4.78, 5) is 12.6. The predicted molar refractivity (Wildman–Crippen MR) is 89.3 cm³/mol. The number of amides is 1. The van der Waals surface area contributed by atoms with Gasteiger partial charge in [-0.05, 0) is 35.8 Å². The van der Waals surface area contributed by atoms with Crippen LogP contribution in [-0.2, 0) is 18.4 Å². The molecule has 2 aromatic rings. The summed E-state index contributed by atoms with van der Waals surface area (Å²) in [7, 11) is 1.81. The summed E-state index contributed by atoms with van der Waals surface area (Å²) in [5.41, 5.74) is 0.912. The average molecular weight is 339 g/mol. The van der Waals surface area contributed by atoms with Crippen molar-refractivity contribution in [3.63, 3.8) is 0 Å². The van der Waals surface area contributed by atoms with Gasteiger partial charge in [0.15, 0.2) is 10.6 Å². The number of hydrogen-bond acceptors (Lipinski definition) is 3. The number of hydrogen-bond donors (Lipinski definition) is 2. The molecule has 1 unspecified atom stereocenters. The molecule has 0 aliphatic rings. The van der Waals surface area contributed by atoms with Gasteiger partial charge in [0.2, 0.25) is 5.91 Å². The molecule has 0 saturated heterocycles. The molecule has 7 heteroatoms. The molecule has 2 rings (SSSR count). The summed E-state index contributed by atoms with van der Waals surface area (Å²) < 4.78 is 2.26. The van der Waals surface area contributed by atoms with Crippen LogP contribution >= 0.6 is 23.8 Å². The molecular weight excluding hydrogens is 320 g/mol. The fourth-order valence-electron chi connectivity index (χ4n) is 2.35. The molecule has 2 N–H and O–H groups in total. The lowest BCUT2D eigenvalue weighted by molar-refractivity contribution is -0.123. The van der Waals surface area contributed by atoms with Crippen LogP contribution in [0.3, 0.4) is 0 Å². The molecule has 1 heterocycles. The van der Waals surface area contributed by atoms with Crippen LogP contribution in [0.4, 0.5) is 0 Å². The van der Waals surface area contributed by atoms with Gasteiger partial charge < -0.3 is 9.88 Å². The number of carbonyl (C=O) groups excluding carboxylic acids is 1. The molecule has 22 heavy (non-hydrogen) atoms. The smallest absolute Gasteiger partial charge is 0.228 e. The Labute approximate surface area is 139 Å². The van der Waals surface area contributed by atoms with Gasteiger partial charge >= 0.3 is 0 Å². The number of H-pyrrole nitrogens is 1. The van der Waals surface area contributed by atoms with Crippen molar-refractivity contribution in [1.29, 1.82) is 0 Å². The Bertz CT molecular complexity index is 722. The van der Waals surface area contributed by atoms with Crippen molar-refractivity contribution in [2.75, 3.05) is 0 Å². The highest BCUT2D eigenvalue weighted by Crippen LogP contribution is 2.26. The zero-order chi connectivity index (χ0) is 16.3. The van der Waals surface area contributed by atoms with Crippen molar-refractivity contribution >= 4 is 29.7 Å². The number of aromatic nitrogens is 3. The van der Waals surface area contributed by atoms with Crippen molar-refractivity contribution in [2.24, 2.45) is 13.0 Å². The van der Waals surface area contributed by atoms with Crippen molar-refractivity contribution in [3.05, 3.63) is 45.4 Å². The fraction of sp³-hybridized carbons (Fsp3) is 0.400. The molecule has 5 nitrogen and oxygen atoms in total. The third-order valence-corrected chi connectivity index (χ3v) is 4.15. The summed E-state index contributed by atoms with van der Waals surface area (Å²) in [5.74, 6) is 0.532. The number of nitrogens with zero attached hydrogens (tertiary/aromatic N) is 2. The summed E-state index contributed by atoms with van der Waals surface area (Å²) in [6.45, 7) is 4.36. The van der Waals surface area contributed by atoms with Crippen molar-refractivity contribution in [2.45, 2.75) is 26.3 Å². The second kappa shape index (κ2) is 7.07. The highest BCUT2D eigenvalue weighted by Gasteiger charge is 2.24. The van der Waals surface area contributed by atoms with E-state index in [1.54, 1.807) is 10.6 Å². The van der Waals surface area contributed by atoms with E-state index in [9.17, 15) is 4.79 Å². The van der Waals surface area contributed by atoms with Gasteiger partial charge in [0, 0.05) is 12.1 Å². The van der Waals surface area contributed by atoms with Crippen molar-refractivity contribution in [1.82, 2.24) is 20.1 Å². The van der Waals surface area contributed by atoms with Crippen LogP contribution in [0.2, 0.25) is 5.02 Å². The van der Waals surface area contributed by atoms with Crippen LogP contribution in [0.5, 0.6) is 0 Å². The maximum Gasteiger partial charge on any atom is 0.228 e. The lowest BCUT2D eigenvalue weighted by atomic mass is 9.87. The predicted octanol–water partition coefficient (Wildman–Crippen LogP) is 3.19. The van der Waals surface area contributed by atoms with Crippen molar-refractivity contribution in [3.8, 4) is 0 Å². The first-order valence-corrected chi connectivity index (χ1v) is 7.82. The maximum atomic E-state index is 12.6. The quantitative estimate of drug-likeness (QED) is 0.823. The summed E-state index contributed by atoms with van der Waals surface area (Å²) in [6, 6.07) is 7.42.